The standard InChI is InChI=1S/C24H35N9O3S/c1-31-22-21(15-25-31)29-24(28-18-14-26-33(16-18)20-6-12-37(34,35)13-7-20)30-23(22)27-17-2-4-19(5-3-17)32-8-10-36-11-9-32/h14-17,19-20H,2-13H2,1H3,(H2,27,28,29,30). The Kier molecular flexibility index (Phi) is 6.76. The third-order valence-corrected chi connectivity index (χ3v) is 9.66. The van der Waals surface area contributed by atoms with Crippen molar-refractivity contribution in [3.05, 3.63) is 18.6 Å². The minimum atomic E-state index is -2.91. The number of aromatic nitrogens is 6. The maximum atomic E-state index is 11.8. The lowest BCUT2D eigenvalue weighted by Crippen LogP contribution is -2.46. The molecule has 0 amide bonds. The zero-order valence-corrected chi connectivity index (χ0v) is 22.0. The Morgan fingerprint density at radius 1 is 0.946 bits per heavy atom. The van der Waals surface area contributed by atoms with Crippen LogP contribution in [-0.2, 0) is 21.6 Å². The van der Waals surface area contributed by atoms with E-state index in [0.29, 0.717) is 30.9 Å². The molecule has 0 atom stereocenters. The van der Waals surface area contributed by atoms with Crippen molar-refractivity contribution in [2.75, 3.05) is 48.4 Å². The van der Waals surface area contributed by atoms with Crippen molar-refractivity contribution in [3.63, 3.8) is 0 Å². The number of nitrogens with zero attached hydrogens (tertiary/aromatic N) is 7. The summed E-state index contributed by atoms with van der Waals surface area (Å²) in [6, 6.07) is 1.08. The molecule has 2 saturated heterocycles. The lowest BCUT2D eigenvalue weighted by Gasteiger charge is -2.39. The zero-order chi connectivity index (χ0) is 25.4. The molecule has 200 valence electrons. The predicted molar refractivity (Wildman–Crippen MR) is 141 cm³/mol. The first kappa shape index (κ1) is 24.6. The van der Waals surface area contributed by atoms with Gasteiger partial charge < -0.3 is 15.4 Å². The average molecular weight is 530 g/mol. The normalized spacial score (nSPS) is 25.3. The molecule has 3 aromatic heterocycles. The number of hydrogen-bond donors (Lipinski definition) is 2. The fraction of sp³-hybridized carbons (Fsp3) is 0.667. The van der Waals surface area contributed by atoms with Crippen LogP contribution >= 0.6 is 0 Å². The first-order valence-corrected chi connectivity index (χ1v) is 15.1. The van der Waals surface area contributed by atoms with Crippen molar-refractivity contribution in [3.8, 4) is 0 Å². The van der Waals surface area contributed by atoms with Gasteiger partial charge in [-0.2, -0.15) is 15.2 Å². The van der Waals surface area contributed by atoms with Crippen molar-refractivity contribution < 1.29 is 13.2 Å². The van der Waals surface area contributed by atoms with Gasteiger partial charge in [0.15, 0.2) is 5.82 Å². The van der Waals surface area contributed by atoms with Crippen LogP contribution in [0.1, 0.15) is 44.6 Å². The van der Waals surface area contributed by atoms with E-state index in [4.69, 9.17) is 9.72 Å². The van der Waals surface area contributed by atoms with E-state index in [9.17, 15) is 8.42 Å². The number of ether oxygens (including phenoxy) is 1. The highest BCUT2D eigenvalue weighted by molar-refractivity contribution is 7.91. The van der Waals surface area contributed by atoms with Crippen molar-refractivity contribution in [1.82, 2.24) is 34.4 Å². The molecule has 0 bridgehead atoms. The monoisotopic (exact) mass is 529 g/mol. The summed E-state index contributed by atoms with van der Waals surface area (Å²) in [4.78, 5) is 12.1. The molecule has 37 heavy (non-hydrogen) atoms. The quantitative estimate of drug-likeness (QED) is 0.489. The number of nitrogens with one attached hydrogen (secondary N) is 2. The van der Waals surface area contributed by atoms with Gasteiger partial charge in [-0.3, -0.25) is 14.3 Å². The largest absolute Gasteiger partial charge is 0.379 e. The second-order valence-electron chi connectivity index (χ2n) is 10.4. The van der Waals surface area contributed by atoms with Gasteiger partial charge in [0.05, 0.1) is 48.8 Å². The Morgan fingerprint density at radius 3 is 2.46 bits per heavy atom. The van der Waals surface area contributed by atoms with E-state index in [1.165, 1.54) is 12.8 Å². The van der Waals surface area contributed by atoms with E-state index in [1.54, 1.807) is 12.4 Å². The molecule has 0 unspecified atom stereocenters. The highest BCUT2D eigenvalue weighted by Crippen LogP contribution is 2.30. The molecule has 3 fully saturated rings. The maximum Gasteiger partial charge on any atom is 0.230 e. The molecule has 1 aliphatic carbocycles. The SMILES string of the molecule is Cn1ncc2nc(Nc3cnn(C4CCS(=O)(=O)CC4)c3)nc(NC3CCC(N4CCOCC4)CC3)c21. The van der Waals surface area contributed by atoms with Gasteiger partial charge in [-0.05, 0) is 38.5 Å². The zero-order valence-electron chi connectivity index (χ0n) is 21.2. The molecule has 0 radical (unpaired) electrons. The number of hydrogen-bond acceptors (Lipinski definition) is 10. The van der Waals surface area contributed by atoms with E-state index >= 15 is 0 Å². The Hall–Kier alpha value is -2.77. The fourth-order valence-electron chi connectivity index (χ4n) is 5.83. The van der Waals surface area contributed by atoms with Crippen LogP contribution in [0.3, 0.4) is 0 Å². The van der Waals surface area contributed by atoms with Crippen molar-refractivity contribution in [1.29, 1.82) is 0 Å². The van der Waals surface area contributed by atoms with Gasteiger partial charge in [-0.25, -0.2) is 13.4 Å². The summed E-state index contributed by atoms with van der Waals surface area (Å²) in [6.45, 7) is 3.76. The third-order valence-electron chi connectivity index (χ3n) is 7.94. The Bertz CT molecular complexity index is 1330. The Balaban J connectivity index is 1.15. The van der Waals surface area contributed by atoms with Gasteiger partial charge in [0, 0.05) is 38.4 Å². The molecule has 0 aromatic carbocycles. The lowest BCUT2D eigenvalue weighted by atomic mass is 9.90. The molecule has 12 nitrogen and oxygen atoms in total. The minimum absolute atomic E-state index is 0.0885. The summed E-state index contributed by atoms with van der Waals surface area (Å²) in [7, 11) is -0.999. The molecule has 0 spiro atoms. The van der Waals surface area contributed by atoms with Crippen LogP contribution in [0.2, 0.25) is 0 Å². The van der Waals surface area contributed by atoms with Crippen LogP contribution in [0.5, 0.6) is 0 Å². The van der Waals surface area contributed by atoms with E-state index in [-0.39, 0.29) is 17.5 Å². The van der Waals surface area contributed by atoms with E-state index in [0.717, 1.165) is 61.7 Å². The van der Waals surface area contributed by atoms with Crippen molar-refractivity contribution >= 4 is 38.3 Å². The minimum Gasteiger partial charge on any atom is -0.379 e. The van der Waals surface area contributed by atoms with Gasteiger partial charge in [0.25, 0.3) is 0 Å². The van der Waals surface area contributed by atoms with Crippen LogP contribution in [0.4, 0.5) is 17.5 Å². The number of fused-ring (bicyclic) bond motifs is 1. The Labute approximate surface area is 216 Å². The summed E-state index contributed by atoms with van der Waals surface area (Å²) < 4.78 is 32.7. The first-order chi connectivity index (χ1) is 17.9. The van der Waals surface area contributed by atoms with Crippen molar-refractivity contribution in [2.24, 2.45) is 7.05 Å². The molecule has 1 saturated carbocycles. The van der Waals surface area contributed by atoms with Gasteiger partial charge >= 0.3 is 0 Å². The van der Waals surface area contributed by atoms with Gasteiger partial charge in [0.1, 0.15) is 20.9 Å². The summed E-state index contributed by atoms with van der Waals surface area (Å²) in [5, 5.41) is 15.9. The second kappa shape index (κ2) is 10.2. The summed E-state index contributed by atoms with van der Waals surface area (Å²) >= 11 is 0. The fourth-order valence-corrected chi connectivity index (χ4v) is 7.30. The molecule has 13 heteroatoms. The highest BCUT2D eigenvalue weighted by Gasteiger charge is 2.28. The number of morpholine rings is 1. The van der Waals surface area contributed by atoms with Crippen LogP contribution in [0.25, 0.3) is 11.0 Å². The topological polar surface area (TPSA) is 132 Å². The molecule has 6 rings (SSSR count). The summed E-state index contributed by atoms with van der Waals surface area (Å²) in [6.07, 6.45) is 11.1. The number of aryl methyl sites for hydroxylation is 1. The number of anilines is 3. The van der Waals surface area contributed by atoms with Crippen LogP contribution in [0.15, 0.2) is 18.6 Å². The van der Waals surface area contributed by atoms with Gasteiger partial charge in [-0.1, -0.05) is 0 Å². The molecule has 2 aliphatic heterocycles. The first-order valence-electron chi connectivity index (χ1n) is 13.2. The summed E-state index contributed by atoms with van der Waals surface area (Å²) in [5.41, 5.74) is 2.43. The predicted octanol–water partition coefficient (Wildman–Crippen LogP) is 2.11. The molecule has 3 aliphatic rings. The van der Waals surface area contributed by atoms with Gasteiger partial charge in [0.2, 0.25) is 5.95 Å². The smallest absolute Gasteiger partial charge is 0.230 e. The third kappa shape index (κ3) is 5.43. The lowest BCUT2D eigenvalue weighted by molar-refractivity contribution is 0.00791. The molecular weight excluding hydrogens is 494 g/mol. The number of sulfone groups is 1. The van der Waals surface area contributed by atoms with E-state index in [1.807, 2.05) is 22.6 Å². The van der Waals surface area contributed by atoms with Crippen molar-refractivity contribution in [2.45, 2.75) is 56.7 Å². The van der Waals surface area contributed by atoms with Crippen LogP contribution in [-0.4, -0.2) is 92.7 Å². The summed E-state index contributed by atoms with van der Waals surface area (Å²) in [5.74, 6) is 1.69. The molecule has 3 aromatic rings. The molecular formula is C24H35N9O3S. The highest BCUT2D eigenvalue weighted by atomic mass is 32.2. The second-order valence-corrected chi connectivity index (χ2v) is 12.7. The van der Waals surface area contributed by atoms with Crippen LogP contribution < -0.4 is 10.6 Å². The van der Waals surface area contributed by atoms with E-state index in [2.05, 4.69) is 30.7 Å². The van der Waals surface area contributed by atoms with Gasteiger partial charge in [-0.15, -0.1) is 0 Å². The Morgan fingerprint density at radius 2 is 1.70 bits per heavy atom. The van der Waals surface area contributed by atoms with Crippen LogP contribution in [0, 0.1) is 0 Å². The molecule has 5 heterocycles. The van der Waals surface area contributed by atoms with E-state index < -0.39 is 9.84 Å². The maximum absolute atomic E-state index is 11.8. The number of rotatable bonds is 6. The average Bonchev–Trinajstić information content (AvgIpc) is 3.52. The molecule has 2 N–H and O–H groups in total.